The quantitative estimate of drug-likeness (QED) is 0.212. The standard InChI is InChI=1S/C27H22ClN5O5S2/c1-16-13-20(30-26(35)32-40(37,38)24-3-2-12-39-24)9-11-23(16)33-25(34)21-10-8-19(14-22(21)31-27(33)36)29-15-17-4-6-18(28)7-5-17/h2-14,29H,15H2,1H3,(H,31,36)(H2,30,32,35). The predicted octanol–water partition coefficient (Wildman–Crippen LogP) is 4.82. The zero-order chi connectivity index (χ0) is 28.4. The minimum absolute atomic E-state index is 0.00791. The van der Waals surface area contributed by atoms with Gasteiger partial charge in [0.05, 0.1) is 16.6 Å². The monoisotopic (exact) mass is 595 g/mol. The fraction of sp³-hybridized carbons (Fsp3) is 0.0741. The Morgan fingerprint density at radius 3 is 2.45 bits per heavy atom. The van der Waals surface area contributed by atoms with Crippen molar-refractivity contribution in [2.75, 3.05) is 10.6 Å². The fourth-order valence-electron chi connectivity index (χ4n) is 4.08. The van der Waals surface area contributed by atoms with Crippen molar-refractivity contribution in [2.24, 2.45) is 0 Å². The van der Waals surface area contributed by atoms with Gasteiger partial charge in [-0.3, -0.25) is 4.79 Å². The normalized spacial score (nSPS) is 11.3. The molecule has 0 bridgehead atoms. The first-order chi connectivity index (χ1) is 19.1. The number of benzene rings is 3. The van der Waals surface area contributed by atoms with Crippen LogP contribution < -0.4 is 26.6 Å². The molecule has 0 aliphatic carbocycles. The van der Waals surface area contributed by atoms with Crippen LogP contribution in [0.15, 0.2) is 92.0 Å². The number of carbonyl (C=O) groups excluding carboxylic acids is 1. The molecule has 0 aliphatic heterocycles. The number of aryl methyl sites for hydroxylation is 1. The number of urea groups is 1. The summed E-state index contributed by atoms with van der Waals surface area (Å²) < 4.78 is 27.5. The van der Waals surface area contributed by atoms with Crippen LogP contribution in [0, 0.1) is 6.92 Å². The number of hydrogen-bond donors (Lipinski definition) is 4. The zero-order valence-corrected chi connectivity index (χ0v) is 23.3. The third-order valence-corrected chi connectivity index (χ3v) is 8.97. The van der Waals surface area contributed by atoms with Crippen molar-refractivity contribution in [3.63, 3.8) is 0 Å². The molecule has 13 heteroatoms. The van der Waals surface area contributed by atoms with Crippen molar-refractivity contribution in [2.45, 2.75) is 17.7 Å². The minimum atomic E-state index is -4.00. The molecule has 3 aromatic carbocycles. The number of rotatable bonds is 7. The Morgan fingerprint density at radius 2 is 1.75 bits per heavy atom. The van der Waals surface area contributed by atoms with Gasteiger partial charge in [-0.15, -0.1) is 11.3 Å². The summed E-state index contributed by atoms with van der Waals surface area (Å²) in [6.07, 6.45) is 0. The molecule has 0 atom stereocenters. The Kier molecular flexibility index (Phi) is 7.48. The number of aromatic amines is 1. The van der Waals surface area contributed by atoms with Crippen LogP contribution in [0.2, 0.25) is 5.02 Å². The Balaban J connectivity index is 1.36. The highest BCUT2D eigenvalue weighted by Crippen LogP contribution is 2.20. The van der Waals surface area contributed by atoms with E-state index in [9.17, 15) is 22.8 Å². The second kappa shape index (κ2) is 11.0. The van der Waals surface area contributed by atoms with E-state index in [4.69, 9.17) is 11.6 Å². The van der Waals surface area contributed by atoms with E-state index in [1.54, 1.807) is 48.7 Å². The lowest BCUT2D eigenvalue weighted by molar-refractivity contribution is 0.256. The Bertz CT molecular complexity index is 1950. The van der Waals surface area contributed by atoms with Crippen LogP contribution in [0.1, 0.15) is 11.1 Å². The Hall–Kier alpha value is -4.39. The molecule has 10 nitrogen and oxygen atoms in total. The number of nitrogens with one attached hydrogen (secondary N) is 4. The topological polar surface area (TPSA) is 142 Å². The molecule has 0 radical (unpaired) electrons. The van der Waals surface area contributed by atoms with Crippen LogP contribution in [-0.2, 0) is 16.6 Å². The number of hydrogen-bond acceptors (Lipinski definition) is 7. The van der Waals surface area contributed by atoms with Crippen LogP contribution in [0.3, 0.4) is 0 Å². The molecule has 0 fully saturated rings. The van der Waals surface area contributed by atoms with Crippen molar-refractivity contribution < 1.29 is 13.2 Å². The van der Waals surface area contributed by atoms with Gasteiger partial charge in [0.1, 0.15) is 4.21 Å². The highest BCUT2D eigenvalue weighted by molar-refractivity contribution is 7.92. The summed E-state index contributed by atoms with van der Waals surface area (Å²) in [7, 11) is -4.00. The Labute approximate surface area is 237 Å². The van der Waals surface area contributed by atoms with Gasteiger partial charge in [-0.2, -0.15) is 0 Å². The second-order valence-corrected chi connectivity index (χ2v) is 12.1. The molecule has 0 saturated carbocycles. The van der Waals surface area contributed by atoms with E-state index < -0.39 is 27.3 Å². The first-order valence-corrected chi connectivity index (χ1v) is 14.6. The number of amides is 2. The number of fused-ring (bicyclic) bond motifs is 1. The van der Waals surface area contributed by atoms with Gasteiger partial charge < -0.3 is 15.6 Å². The molecule has 204 valence electrons. The van der Waals surface area contributed by atoms with Gasteiger partial charge in [0, 0.05) is 22.9 Å². The summed E-state index contributed by atoms with van der Waals surface area (Å²) in [5.74, 6) is 0. The molecule has 5 aromatic rings. The number of sulfonamides is 1. The second-order valence-electron chi connectivity index (χ2n) is 8.80. The number of halogens is 1. The number of anilines is 2. The molecule has 0 saturated heterocycles. The molecule has 2 amide bonds. The summed E-state index contributed by atoms with van der Waals surface area (Å²) in [6, 6.07) is 19.0. The fourth-order valence-corrected chi connectivity index (χ4v) is 6.11. The summed E-state index contributed by atoms with van der Waals surface area (Å²) in [4.78, 5) is 41.4. The van der Waals surface area contributed by atoms with Crippen molar-refractivity contribution >= 4 is 61.3 Å². The third-order valence-electron chi connectivity index (χ3n) is 5.99. The largest absolute Gasteiger partial charge is 0.381 e. The van der Waals surface area contributed by atoms with Crippen LogP contribution in [0.4, 0.5) is 16.2 Å². The van der Waals surface area contributed by atoms with Gasteiger partial charge in [-0.05, 0) is 78.0 Å². The number of carbonyl (C=O) groups is 1. The van der Waals surface area contributed by atoms with E-state index >= 15 is 0 Å². The Morgan fingerprint density at radius 1 is 1.00 bits per heavy atom. The van der Waals surface area contributed by atoms with Crippen LogP contribution >= 0.6 is 22.9 Å². The van der Waals surface area contributed by atoms with Crippen LogP contribution in [0.5, 0.6) is 0 Å². The minimum Gasteiger partial charge on any atom is -0.381 e. The van der Waals surface area contributed by atoms with Crippen molar-refractivity contribution in [1.82, 2.24) is 14.3 Å². The van der Waals surface area contributed by atoms with Crippen LogP contribution in [0.25, 0.3) is 16.6 Å². The number of thiophene rings is 1. The van der Waals surface area contributed by atoms with Gasteiger partial charge >= 0.3 is 11.7 Å². The molecule has 0 aliphatic rings. The highest BCUT2D eigenvalue weighted by Gasteiger charge is 2.19. The summed E-state index contributed by atoms with van der Waals surface area (Å²) in [5, 5.41) is 8.27. The zero-order valence-electron chi connectivity index (χ0n) is 20.9. The third kappa shape index (κ3) is 5.78. The lowest BCUT2D eigenvalue weighted by Crippen LogP contribution is -2.34. The van der Waals surface area contributed by atoms with E-state index in [1.165, 1.54) is 24.3 Å². The average Bonchev–Trinajstić information content (AvgIpc) is 3.45. The van der Waals surface area contributed by atoms with Gasteiger partial charge in [0.2, 0.25) is 0 Å². The van der Waals surface area contributed by atoms with E-state index in [0.29, 0.717) is 33.7 Å². The number of aromatic nitrogens is 2. The predicted molar refractivity (Wildman–Crippen MR) is 157 cm³/mol. The molecule has 5 rings (SSSR count). The SMILES string of the molecule is Cc1cc(NC(=O)NS(=O)(=O)c2cccs2)ccc1-n1c(=O)[nH]c2cc(NCc3ccc(Cl)cc3)ccc2c1=O. The van der Waals surface area contributed by atoms with Gasteiger partial charge in [-0.1, -0.05) is 29.8 Å². The maximum Gasteiger partial charge on any atom is 0.333 e. The van der Waals surface area contributed by atoms with Gasteiger partial charge in [0.25, 0.3) is 15.6 Å². The molecule has 2 aromatic heterocycles. The van der Waals surface area contributed by atoms with Crippen LogP contribution in [-0.4, -0.2) is 24.0 Å². The van der Waals surface area contributed by atoms with E-state index in [1.807, 2.05) is 16.9 Å². The maximum atomic E-state index is 13.3. The van der Waals surface area contributed by atoms with E-state index in [-0.39, 0.29) is 9.90 Å². The van der Waals surface area contributed by atoms with E-state index in [0.717, 1.165) is 27.2 Å². The van der Waals surface area contributed by atoms with Crippen molar-refractivity contribution in [1.29, 1.82) is 0 Å². The summed E-state index contributed by atoms with van der Waals surface area (Å²) >= 11 is 6.91. The molecular formula is C27H22ClN5O5S2. The van der Waals surface area contributed by atoms with Gasteiger partial charge in [0.15, 0.2) is 0 Å². The summed E-state index contributed by atoms with van der Waals surface area (Å²) in [5.41, 5.74) is 2.09. The first-order valence-electron chi connectivity index (χ1n) is 11.9. The molecule has 0 spiro atoms. The molecule has 4 N–H and O–H groups in total. The number of H-pyrrole nitrogens is 1. The van der Waals surface area contributed by atoms with Crippen molar-refractivity contribution in [3.8, 4) is 5.69 Å². The molecule has 0 unspecified atom stereocenters. The van der Waals surface area contributed by atoms with Gasteiger partial charge in [-0.25, -0.2) is 27.3 Å². The molecular weight excluding hydrogens is 574 g/mol. The summed E-state index contributed by atoms with van der Waals surface area (Å²) in [6.45, 7) is 2.20. The van der Waals surface area contributed by atoms with E-state index in [2.05, 4.69) is 15.6 Å². The first kappa shape index (κ1) is 27.2. The lowest BCUT2D eigenvalue weighted by atomic mass is 10.1. The smallest absolute Gasteiger partial charge is 0.333 e. The maximum absolute atomic E-state index is 13.3. The molecule has 2 heterocycles. The molecule has 40 heavy (non-hydrogen) atoms. The highest BCUT2D eigenvalue weighted by atomic mass is 35.5. The number of nitrogens with zero attached hydrogens (tertiary/aromatic N) is 1. The average molecular weight is 596 g/mol. The lowest BCUT2D eigenvalue weighted by Gasteiger charge is -2.13. The van der Waals surface area contributed by atoms with Crippen molar-refractivity contribution in [3.05, 3.63) is 115 Å².